The molecule has 0 aromatic heterocycles. The van der Waals surface area contributed by atoms with Gasteiger partial charge in [0.05, 0.1) is 6.61 Å². The van der Waals surface area contributed by atoms with E-state index in [2.05, 4.69) is 0 Å². The Labute approximate surface area is 117 Å². The number of ketones is 1. The highest BCUT2D eigenvalue weighted by Crippen LogP contribution is 2.02. The lowest BCUT2D eigenvalue weighted by atomic mass is 10.0. The monoisotopic (exact) mass is 312 g/mol. The van der Waals surface area contributed by atoms with Crippen molar-refractivity contribution in [2.24, 2.45) is 0 Å². The van der Waals surface area contributed by atoms with Crippen LogP contribution in [0.5, 0.6) is 0 Å². The first kappa shape index (κ1) is 21.4. The van der Waals surface area contributed by atoms with Gasteiger partial charge in [0.25, 0.3) is 5.78 Å². The van der Waals surface area contributed by atoms with E-state index in [4.69, 9.17) is 35.7 Å². The van der Waals surface area contributed by atoms with E-state index in [0.29, 0.717) is 0 Å². The molecule has 7 N–H and O–H groups in total. The molecule has 11 nitrogen and oxygen atoms in total. The standard InChI is InChI=1S/C6H12O6.C4H4O5/c7-1-3(9)5(11)6(12)4(10)2-8;5-2(4(8)9)1-3(6)7/h1,3-6,8-12H,2H2;1H2,(H,6,7)(H,8,9)/t3-,4+,5+,6+;/m0./s1. The smallest absolute Gasteiger partial charge is 0.372 e. The normalized spacial score (nSPS) is 15.7. The number of aliphatic carboxylic acids is 2. The van der Waals surface area contributed by atoms with Crippen LogP contribution in [0.3, 0.4) is 0 Å². The quantitative estimate of drug-likeness (QED) is 0.129. The van der Waals surface area contributed by atoms with Crippen LogP contribution in [-0.2, 0) is 19.2 Å². The van der Waals surface area contributed by atoms with Gasteiger partial charge >= 0.3 is 11.9 Å². The summed E-state index contributed by atoms with van der Waals surface area (Å²) in [5, 5.41) is 59.2. The SMILES string of the molecule is O=C(O)CC(=O)C(=O)O.O=C[C@H](O)[C@@H](O)[C@H](O)[C@H](O)CO. The van der Waals surface area contributed by atoms with E-state index in [-0.39, 0.29) is 6.29 Å². The van der Waals surface area contributed by atoms with Crippen molar-refractivity contribution < 1.29 is 54.9 Å². The average Bonchev–Trinajstić information content (AvgIpc) is 2.43. The van der Waals surface area contributed by atoms with E-state index >= 15 is 0 Å². The number of Topliss-reactive ketones (excluding diaryl/α,β-unsaturated/α-hetero) is 1. The van der Waals surface area contributed by atoms with Crippen LogP contribution in [0.1, 0.15) is 6.42 Å². The summed E-state index contributed by atoms with van der Waals surface area (Å²) in [7, 11) is 0. The first-order chi connectivity index (χ1) is 9.58. The second kappa shape index (κ2) is 10.8. The molecule has 0 unspecified atom stereocenters. The number of rotatable bonds is 8. The fraction of sp³-hybridized carbons (Fsp3) is 0.600. The first-order valence-corrected chi connectivity index (χ1v) is 5.34. The Hall–Kier alpha value is -1.92. The topological polar surface area (TPSA) is 210 Å². The Morgan fingerprint density at radius 3 is 1.67 bits per heavy atom. The van der Waals surface area contributed by atoms with Crippen molar-refractivity contribution in [1.29, 1.82) is 0 Å². The predicted octanol–water partition coefficient (Wildman–Crippen LogP) is -4.26. The van der Waals surface area contributed by atoms with Crippen molar-refractivity contribution in [1.82, 2.24) is 0 Å². The minimum absolute atomic E-state index is 0.0258. The van der Waals surface area contributed by atoms with Crippen molar-refractivity contribution in [2.75, 3.05) is 6.61 Å². The Morgan fingerprint density at radius 2 is 1.43 bits per heavy atom. The van der Waals surface area contributed by atoms with Gasteiger partial charge in [-0.15, -0.1) is 0 Å². The fourth-order valence-electron chi connectivity index (χ4n) is 0.831. The Morgan fingerprint density at radius 1 is 0.952 bits per heavy atom. The summed E-state index contributed by atoms with van der Waals surface area (Å²) in [5.74, 6) is -4.44. The van der Waals surface area contributed by atoms with Crippen LogP contribution >= 0.6 is 0 Å². The number of carbonyl (C=O) groups excluding carboxylic acids is 2. The zero-order valence-electron chi connectivity index (χ0n) is 10.6. The van der Waals surface area contributed by atoms with E-state index in [1.54, 1.807) is 0 Å². The molecule has 0 fully saturated rings. The van der Waals surface area contributed by atoms with E-state index < -0.39 is 55.2 Å². The number of aldehydes is 1. The molecule has 0 bridgehead atoms. The van der Waals surface area contributed by atoms with Gasteiger partial charge in [-0.2, -0.15) is 0 Å². The number of hydrogen-bond donors (Lipinski definition) is 7. The van der Waals surface area contributed by atoms with Crippen LogP contribution < -0.4 is 0 Å². The molecule has 0 aliphatic heterocycles. The molecule has 0 saturated carbocycles. The Balaban J connectivity index is 0. The molecular weight excluding hydrogens is 296 g/mol. The number of carboxylic acids is 2. The molecule has 0 heterocycles. The molecule has 0 radical (unpaired) electrons. The van der Waals surface area contributed by atoms with Crippen LogP contribution in [0.25, 0.3) is 0 Å². The average molecular weight is 312 g/mol. The molecule has 122 valence electrons. The van der Waals surface area contributed by atoms with E-state index in [0.717, 1.165) is 0 Å². The van der Waals surface area contributed by atoms with Crippen molar-refractivity contribution >= 4 is 24.0 Å². The Kier molecular flexibility index (Phi) is 11.0. The lowest BCUT2D eigenvalue weighted by Gasteiger charge is -2.22. The summed E-state index contributed by atoms with van der Waals surface area (Å²) in [6.07, 6.45) is -7.79. The van der Waals surface area contributed by atoms with Crippen LogP contribution in [0.15, 0.2) is 0 Å². The zero-order chi connectivity index (χ0) is 17.2. The fourth-order valence-corrected chi connectivity index (χ4v) is 0.831. The molecule has 4 atom stereocenters. The molecule has 0 aromatic carbocycles. The molecule has 0 spiro atoms. The van der Waals surface area contributed by atoms with Gasteiger partial charge < -0.3 is 40.5 Å². The second-order valence-electron chi connectivity index (χ2n) is 3.66. The number of aliphatic hydroxyl groups is 5. The molecule has 0 aromatic rings. The van der Waals surface area contributed by atoms with E-state index in [9.17, 15) is 19.2 Å². The van der Waals surface area contributed by atoms with E-state index in [1.165, 1.54) is 0 Å². The maximum atomic E-state index is 9.97. The largest absolute Gasteiger partial charge is 0.481 e. The van der Waals surface area contributed by atoms with Crippen LogP contribution in [0.4, 0.5) is 0 Å². The molecule has 0 saturated heterocycles. The number of carboxylic acid groups (broad SMARTS) is 2. The van der Waals surface area contributed by atoms with Crippen molar-refractivity contribution in [3.63, 3.8) is 0 Å². The van der Waals surface area contributed by atoms with Crippen LogP contribution in [0.2, 0.25) is 0 Å². The minimum Gasteiger partial charge on any atom is -0.481 e. The maximum Gasteiger partial charge on any atom is 0.372 e. The summed E-state index contributed by atoms with van der Waals surface area (Å²) in [6.45, 7) is -0.760. The molecule has 21 heavy (non-hydrogen) atoms. The highest BCUT2D eigenvalue weighted by atomic mass is 16.4. The highest BCUT2D eigenvalue weighted by molar-refractivity contribution is 6.35. The summed E-state index contributed by atoms with van der Waals surface area (Å²) in [4.78, 5) is 39.1. The van der Waals surface area contributed by atoms with Gasteiger partial charge in [-0.3, -0.25) is 9.59 Å². The van der Waals surface area contributed by atoms with Gasteiger partial charge in [0.2, 0.25) is 0 Å². The molecule has 0 aliphatic carbocycles. The van der Waals surface area contributed by atoms with Gasteiger partial charge in [-0.1, -0.05) is 0 Å². The molecule has 11 heteroatoms. The third-order valence-electron chi connectivity index (χ3n) is 1.97. The van der Waals surface area contributed by atoms with Crippen molar-refractivity contribution in [2.45, 2.75) is 30.8 Å². The van der Waals surface area contributed by atoms with Gasteiger partial charge in [-0.25, -0.2) is 4.79 Å². The minimum atomic E-state index is -1.79. The third-order valence-corrected chi connectivity index (χ3v) is 1.97. The number of hydrogen-bond acceptors (Lipinski definition) is 9. The Bertz CT molecular complexity index is 366. The lowest BCUT2D eigenvalue weighted by Crippen LogP contribution is -2.46. The second-order valence-corrected chi connectivity index (χ2v) is 3.66. The number of carbonyl (C=O) groups is 4. The molecule has 0 aliphatic rings. The summed E-state index contributed by atoms with van der Waals surface area (Å²) < 4.78 is 0. The lowest BCUT2D eigenvalue weighted by molar-refractivity contribution is -0.152. The number of aliphatic hydroxyl groups excluding tert-OH is 5. The van der Waals surface area contributed by atoms with Gasteiger partial charge in [0, 0.05) is 0 Å². The first-order valence-electron chi connectivity index (χ1n) is 5.34. The summed E-state index contributed by atoms with van der Waals surface area (Å²) >= 11 is 0. The van der Waals surface area contributed by atoms with Gasteiger partial charge in [0.1, 0.15) is 30.8 Å². The molecular formula is C10H16O11. The van der Waals surface area contributed by atoms with Gasteiger partial charge in [-0.05, 0) is 0 Å². The summed E-state index contributed by atoms with van der Waals surface area (Å²) in [6, 6.07) is 0. The van der Waals surface area contributed by atoms with Crippen molar-refractivity contribution in [3.05, 3.63) is 0 Å². The third kappa shape index (κ3) is 9.59. The van der Waals surface area contributed by atoms with Crippen molar-refractivity contribution in [3.8, 4) is 0 Å². The van der Waals surface area contributed by atoms with Gasteiger partial charge in [0.15, 0.2) is 6.29 Å². The maximum absolute atomic E-state index is 9.97. The zero-order valence-corrected chi connectivity index (χ0v) is 10.6. The highest BCUT2D eigenvalue weighted by Gasteiger charge is 2.29. The molecule has 0 amide bonds. The van der Waals surface area contributed by atoms with Crippen LogP contribution in [0, 0.1) is 0 Å². The summed E-state index contributed by atoms with van der Waals surface area (Å²) in [5.41, 5.74) is 0. The van der Waals surface area contributed by atoms with Crippen LogP contribution in [-0.4, -0.2) is 90.8 Å². The van der Waals surface area contributed by atoms with E-state index in [1.807, 2.05) is 0 Å². The molecule has 0 rings (SSSR count). The predicted molar refractivity (Wildman–Crippen MR) is 62.1 cm³/mol.